The second-order valence-corrected chi connectivity index (χ2v) is 4.59. The summed E-state index contributed by atoms with van der Waals surface area (Å²) in [6, 6.07) is 5.73. The average molecular weight is 291 g/mol. The molecule has 1 aromatic carbocycles. The highest BCUT2D eigenvalue weighted by Crippen LogP contribution is 2.26. The summed E-state index contributed by atoms with van der Waals surface area (Å²) >= 11 is 1.22. The van der Waals surface area contributed by atoms with Crippen LogP contribution in [-0.4, -0.2) is 23.3 Å². The van der Waals surface area contributed by atoms with Crippen LogP contribution >= 0.6 is 11.8 Å². The molecule has 20 heavy (non-hydrogen) atoms. The predicted octanol–water partition coefficient (Wildman–Crippen LogP) is 2.18. The highest BCUT2D eigenvalue weighted by atomic mass is 32.2. The van der Waals surface area contributed by atoms with E-state index < -0.39 is 11.4 Å². The Labute approximate surface area is 118 Å². The van der Waals surface area contributed by atoms with E-state index in [-0.39, 0.29) is 17.0 Å². The van der Waals surface area contributed by atoms with E-state index in [1.807, 2.05) is 0 Å². The van der Waals surface area contributed by atoms with Gasteiger partial charge in [-0.15, -0.1) is 0 Å². The van der Waals surface area contributed by atoms with Gasteiger partial charge in [0.1, 0.15) is 23.2 Å². The Hall–Kier alpha value is -2.33. The molecule has 0 unspecified atom stereocenters. The molecule has 0 spiro atoms. The van der Waals surface area contributed by atoms with Gasteiger partial charge < -0.3 is 9.72 Å². The van der Waals surface area contributed by atoms with Gasteiger partial charge in [-0.25, -0.2) is 9.37 Å². The first-order valence-electron chi connectivity index (χ1n) is 5.52. The average Bonchev–Trinajstić information content (AvgIpc) is 2.45. The summed E-state index contributed by atoms with van der Waals surface area (Å²) in [5.41, 5.74) is -0.251. The van der Waals surface area contributed by atoms with Crippen molar-refractivity contribution in [2.45, 2.75) is 5.16 Å². The number of thioether (sulfide) groups is 1. The van der Waals surface area contributed by atoms with Crippen molar-refractivity contribution in [1.29, 1.82) is 5.26 Å². The molecular formula is C13H10FN3O2S. The molecule has 0 amide bonds. The molecule has 0 saturated heterocycles. The van der Waals surface area contributed by atoms with Crippen LogP contribution < -0.4 is 10.3 Å². The maximum atomic E-state index is 13.5. The number of rotatable bonds is 3. The van der Waals surface area contributed by atoms with Crippen LogP contribution in [0.3, 0.4) is 0 Å². The van der Waals surface area contributed by atoms with Crippen LogP contribution in [0.25, 0.3) is 11.3 Å². The number of benzene rings is 1. The number of halogens is 1. The van der Waals surface area contributed by atoms with Crippen LogP contribution in [-0.2, 0) is 0 Å². The summed E-state index contributed by atoms with van der Waals surface area (Å²) in [5, 5.41) is 9.43. The van der Waals surface area contributed by atoms with E-state index in [9.17, 15) is 9.18 Å². The minimum Gasteiger partial charge on any atom is -0.497 e. The maximum Gasteiger partial charge on any atom is 0.270 e. The lowest BCUT2D eigenvalue weighted by Gasteiger charge is -2.07. The summed E-state index contributed by atoms with van der Waals surface area (Å²) in [6.45, 7) is 0. The highest BCUT2D eigenvalue weighted by molar-refractivity contribution is 7.98. The third kappa shape index (κ3) is 2.65. The molecule has 2 rings (SSSR count). The van der Waals surface area contributed by atoms with Crippen LogP contribution in [0.15, 0.2) is 28.2 Å². The molecule has 102 valence electrons. The van der Waals surface area contributed by atoms with Gasteiger partial charge in [0, 0.05) is 11.6 Å². The van der Waals surface area contributed by atoms with Crippen molar-refractivity contribution in [3.63, 3.8) is 0 Å². The van der Waals surface area contributed by atoms with E-state index in [0.29, 0.717) is 10.7 Å². The van der Waals surface area contributed by atoms with Crippen LogP contribution in [0, 0.1) is 17.1 Å². The van der Waals surface area contributed by atoms with Crippen molar-refractivity contribution in [3.8, 4) is 23.1 Å². The number of hydrogen-bond acceptors (Lipinski definition) is 5. The largest absolute Gasteiger partial charge is 0.497 e. The first-order chi connectivity index (χ1) is 9.58. The Balaban J connectivity index is 2.74. The van der Waals surface area contributed by atoms with E-state index in [2.05, 4.69) is 9.97 Å². The van der Waals surface area contributed by atoms with Crippen molar-refractivity contribution in [3.05, 3.63) is 39.9 Å². The Morgan fingerprint density at radius 1 is 1.45 bits per heavy atom. The molecule has 0 aliphatic rings. The predicted molar refractivity (Wildman–Crippen MR) is 73.3 cm³/mol. The number of aromatic nitrogens is 2. The smallest absolute Gasteiger partial charge is 0.270 e. The number of H-pyrrole nitrogens is 1. The number of ether oxygens (including phenoxy) is 1. The number of nitriles is 1. The SMILES string of the molecule is COc1cc(F)cc(-c2nc(SC)[nH]c(=O)c2C#N)c1. The van der Waals surface area contributed by atoms with Gasteiger partial charge in [-0.3, -0.25) is 4.79 Å². The quantitative estimate of drug-likeness (QED) is 0.692. The molecule has 0 saturated carbocycles. The topological polar surface area (TPSA) is 78.8 Å². The van der Waals surface area contributed by atoms with Crippen LogP contribution in [0.5, 0.6) is 5.75 Å². The van der Waals surface area contributed by atoms with Crippen LogP contribution in [0.4, 0.5) is 4.39 Å². The molecule has 1 aromatic heterocycles. The number of hydrogen-bond donors (Lipinski definition) is 1. The van der Waals surface area contributed by atoms with Gasteiger partial charge in [0.25, 0.3) is 5.56 Å². The zero-order valence-electron chi connectivity index (χ0n) is 10.7. The molecule has 1 heterocycles. The highest BCUT2D eigenvalue weighted by Gasteiger charge is 2.14. The van der Waals surface area contributed by atoms with Crippen molar-refractivity contribution in [2.24, 2.45) is 0 Å². The van der Waals surface area contributed by atoms with Crippen molar-refractivity contribution < 1.29 is 9.13 Å². The fraction of sp³-hybridized carbons (Fsp3) is 0.154. The zero-order valence-corrected chi connectivity index (χ0v) is 11.5. The van der Waals surface area contributed by atoms with Crippen LogP contribution in [0.1, 0.15) is 5.56 Å². The molecule has 0 bridgehead atoms. The van der Waals surface area contributed by atoms with Crippen molar-refractivity contribution in [2.75, 3.05) is 13.4 Å². The van der Waals surface area contributed by atoms with Crippen molar-refractivity contribution in [1.82, 2.24) is 9.97 Å². The molecule has 0 radical (unpaired) electrons. The molecule has 0 atom stereocenters. The maximum absolute atomic E-state index is 13.5. The Kier molecular flexibility index (Phi) is 4.05. The molecule has 5 nitrogen and oxygen atoms in total. The van der Waals surface area contributed by atoms with E-state index in [4.69, 9.17) is 10.00 Å². The molecule has 0 aliphatic carbocycles. The van der Waals surface area contributed by atoms with Crippen LogP contribution in [0.2, 0.25) is 0 Å². The number of nitrogens with zero attached hydrogens (tertiary/aromatic N) is 2. The molecule has 1 N–H and O–H groups in total. The summed E-state index contributed by atoms with van der Waals surface area (Å²) < 4.78 is 18.5. The van der Waals surface area contributed by atoms with Crippen molar-refractivity contribution >= 4 is 11.8 Å². The normalized spacial score (nSPS) is 10.1. The molecule has 0 fully saturated rings. The van der Waals surface area contributed by atoms with E-state index in [1.54, 1.807) is 12.3 Å². The second kappa shape index (κ2) is 5.75. The standard InChI is InChI=1S/C13H10FN3O2S/c1-19-9-4-7(3-8(14)5-9)11-10(6-15)12(18)17-13(16-11)20-2/h3-5H,1-2H3,(H,16,17,18). The third-order valence-electron chi connectivity index (χ3n) is 2.58. The Morgan fingerprint density at radius 3 is 2.80 bits per heavy atom. The Bertz CT molecular complexity index is 752. The molecular weight excluding hydrogens is 281 g/mol. The fourth-order valence-electron chi connectivity index (χ4n) is 1.68. The Morgan fingerprint density at radius 2 is 2.20 bits per heavy atom. The van der Waals surface area contributed by atoms with E-state index in [1.165, 1.54) is 37.1 Å². The van der Waals surface area contributed by atoms with Gasteiger partial charge >= 0.3 is 0 Å². The minimum absolute atomic E-state index is 0.137. The lowest BCUT2D eigenvalue weighted by molar-refractivity contribution is 0.411. The summed E-state index contributed by atoms with van der Waals surface area (Å²) in [5.74, 6) is -0.243. The molecule has 0 aliphatic heterocycles. The first kappa shape index (κ1) is 14.1. The number of nitrogens with one attached hydrogen (secondary N) is 1. The van der Waals surface area contributed by atoms with E-state index in [0.717, 1.165) is 0 Å². The van der Waals surface area contributed by atoms with E-state index >= 15 is 0 Å². The fourth-order valence-corrected chi connectivity index (χ4v) is 2.06. The van der Waals surface area contributed by atoms with Gasteiger partial charge in [0.05, 0.1) is 12.8 Å². The third-order valence-corrected chi connectivity index (χ3v) is 3.16. The molecule has 7 heteroatoms. The molecule has 2 aromatic rings. The van der Waals surface area contributed by atoms with Gasteiger partial charge in [0.15, 0.2) is 5.16 Å². The van der Waals surface area contributed by atoms with Gasteiger partial charge in [-0.1, -0.05) is 11.8 Å². The summed E-state index contributed by atoms with van der Waals surface area (Å²) in [7, 11) is 1.41. The second-order valence-electron chi connectivity index (χ2n) is 3.79. The lowest BCUT2D eigenvalue weighted by atomic mass is 10.1. The zero-order chi connectivity index (χ0) is 14.7. The van der Waals surface area contributed by atoms with Gasteiger partial charge in [-0.2, -0.15) is 5.26 Å². The van der Waals surface area contributed by atoms with Gasteiger partial charge in [-0.05, 0) is 18.4 Å². The summed E-state index contributed by atoms with van der Waals surface area (Å²) in [4.78, 5) is 18.5. The summed E-state index contributed by atoms with van der Waals surface area (Å²) in [6.07, 6.45) is 1.74. The first-order valence-corrected chi connectivity index (χ1v) is 6.75. The minimum atomic E-state index is -0.551. The number of aromatic amines is 1. The number of methoxy groups -OCH3 is 1. The van der Waals surface area contributed by atoms with Gasteiger partial charge in [0.2, 0.25) is 0 Å². The monoisotopic (exact) mass is 291 g/mol. The lowest BCUT2D eigenvalue weighted by Crippen LogP contribution is -2.14.